The lowest BCUT2D eigenvalue weighted by atomic mass is 9.44. The number of Topliss-reactive ketones (excluding diaryl/α,β-unsaturated/α-hetero) is 2. The molecule has 0 aromatic rings. The molecule has 0 saturated heterocycles. The van der Waals surface area contributed by atoms with Gasteiger partial charge in [0, 0.05) is 25.7 Å². The topological polar surface area (TPSA) is 34.1 Å². The summed E-state index contributed by atoms with van der Waals surface area (Å²) < 4.78 is 0. The molecule has 3 fully saturated rings. The van der Waals surface area contributed by atoms with Crippen LogP contribution in [0.5, 0.6) is 0 Å². The van der Waals surface area contributed by atoms with Crippen LogP contribution >= 0.6 is 0 Å². The van der Waals surface area contributed by atoms with Gasteiger partial charge in [-0.1, -0.05) is 168 Å². The van der Waals surface area contributed by atoms with Crippen molar-refractivity contribution in [2.24, 2.45) is 22.7 Å². The highest BCUT2D eigenvalue weighted by atomic mass is 16.1. The zero-order chi connectivity index (χ0) is 35.6. The molecule has 0 heterocycles. The third-order valence-corrected chi connectivity index (χ3v) is 14.0. The lowest BCUT2D eigenvalue weighted by molar-refractivity contribution is -0.124. The minimum absolute atomic E-state index is 0.557. The van der Waals surface area contributed by atoms with Crippen molar-refractivity contribution in [2.75, 3.05) is 0 Å². The van der Waals surface area contributed by atoms with Crippen LogP contribution in [0.4, 0.5) is 0 Å². The van der Waals surface area contributed by atoms with Crippen LogP contribution in [0.2, 0.25) is 0 Å². The summed E-state index contributed by atoms with van der Waals surface area (Å²) in [5, 5.41) is 0. The van der Waals surface area contributed by atoms with Gasteiger partial charge in [0.25, 0.3) is 0 Å². The van der Waals surface area contributed by atoms with Crippen LogP contribution in [0, 0.1) is 22.7 Å². The zero-order valence-corrected chi connectivity index (χ0v) is 34.3. The van der Waals surface area contributed by atoms with Crippen LogP contribution in [0.1, 0.15) is 271 Å². The number of carbonyl (C=O) groups is 2. The minimum atomic E-state index is 0.557. The van der Waals surface area contributed by atoms with E-state index in [1.165, 1.54) is 218 Å². The van der Waals surface area contributed by atoms with Crippen molar-refractivity contribution in [3.05, 3.63) is 0 Å². The molecule has 0 N–H and O–H groups in total. The van der Waals surface area contributed by atoms with Crippen LogP contribution in [-0.4, -0.2) is 11.6 Å². The molecule has 2 spiro atoms. The SMILES string of the molecule is CCCCCCCCCCCCCCCC(=O)CC1CCC2(CC1)CC1(CCC(CC(=O)CCCCCCCCCCCCCCC)CC1)C2. The second kappa shape index (κ2) is 27.0. The Morgan fingerprint density at radius 2 is 0.620 bits per heavy atom. The molecule has 3 aliphatic rings. The van der Waals surface area contributed by atoms with Crippen LogP contribution in [0.3, 0.4) is 0 Å². The van der Waals surface area contributed by atoms with E-state index in [4.69, 9.17) is 0 Å². The third-order valence-electron chi connectivity index (χ3n) is 14.0. The third kappa shape index (κ3) is 18.9. The molecule has 0 amide bonds. The first-order valence-corrected chi connectivity index (χ1v) is 23.5. The lowest BCUT2D eigenvalue weighted by Gasteiger charge is -2.61. The molecule has 292 valence electrons. The van der Waals surface area contributed by atoms with E-state index in [1.54, 1.807) is 0 Å². The molecule has 3 aliphatic carbocycles. The minimum Gasteiger partial charge on any atom is -0.300 e. The first-order chi connectivity index (χ1) is 24.5. The average molecular weight is 697 g/mol. The lowest BCUT2D eigenvalue weighted by Crippen LogP contribution is -2.50. The van der Waals surface area contributed by atoms with Crippen molar-refractivity contribution in [1.82, 2.24) is 0 Å². The Labute approximate surface area is 313 Å². The Kier molecular flexibility index (Phi) is 23.6. The van der Waals surface area contributed by atoms with Crippen molar-refractivity contribution in [1.29, 1.82) is 0 Å². The Bertz CT molecular complexity index is 764. The second-order valence-electron chi connectivity index (χ2n) is 18.7. The Hall–Kier alpha value is -0.660. The fourth-order valence-corrected chi connectivity index (χ4v) is 10.8. The van der Waals surface area contributed by atoms with Crippen LogP contribution in [0.15, 0.2) is 0 Å². The first-order valence-electron chi connectivity index (χ1n) is 23.5. The van der Waals surface area contributed by atoms with Gasteiger partial charge in [0.1, 0.15) is 11.6 Å². The van der Waals surface area contributed by atoms with E-state index < -0.39 is 0 Å². The van der Waals surface area contributed by atoms with E-state index in [2.05, 4.69) is 13.8 Å². The normalized spacial score (nSPS) is 24.9. The van der Waals surface area contributed by atoms with Gasteiger partial charge >= 0.3 is 0 Å². The first kappa shape index (κ1) is 43.7. The standard InChI is InChI=1S/C48H88O2/c1-3-5-7-9-11-13-15-17-19-21-23-25-27-29-45(49)39-43-31-35-47(36-32-43)41-48(42-47)37-33-44(34-38-48)40-46(50)30-28-26-24-22-20-18-16-14-12-10-8-6-4-2/h43-44H,3-42H2,1-2H3. The predicted octanol–water partition coefficient (Wildman–Crippen LogP) is 16.0. The van der Waals surface area contributed by atoms with E-state index in [1.807, 2.05) is 0 Å². The summed E-state index contributed by atoms with van der Waals surface area (Å²) in [6.45, 7) is 4.59. The quantitative estimate of drug-likeness (QED) is 0.0656. The number of ketones is 2. The molecule has 50 heavy (non-hydrogen) atoms. The van der Waals surface area contributed by atoms with Gasteiger partial charge in [-0.05, 0) is 99.7 Å². The number of unbranched alkanes of at least 4 members (excludes halogenated alkanes) is 24. The van der Waals surface area contributed by atoms with E-state index >= 15 is 0 Å². The maximum Gasteiger partial charge on any atom is 0.133 e. The van der Waals surface area contributed by atoms with Gasteiger partial charge in [-0.25, -0.2) is 0 Å². The van der Waals surface area contributed by atoms with Crippen molar-refractivity contribution < 1.29 is 9.59 Å². The Morgan fingerprint density at radius 3 is 0.880 bits per heavy atom. The molecule has 2 nitrogen and oxygen atoms in total. The van der Waals surface area contributed by atoms with Gasteiger partial charge in [0.05, 0.1) is 0 Å². The molecular formula is C48H88O2. The maximum atomic E-state index is 12.8. The molecule has 0 aromatic heterocycles. The van der Waals surface area contributed by atoms with Crippen molar-refractivity contribution in [3.63, 3.8) is 0 Å². The predicted molar refractivity (Wildman–Crippen MR) is 218 cm³/mol. The average Bonchev–Trinajstić information content (AvgIpc) is 3.10. The highest BCUT2D eigenvalue weighted by Crippen LogP contribution is 2.67. The molecule has 0 aliphatic heterocycles. The monoisotopic (exact) mass is 697 g/mol. The summed E-state index contributed by atoms with van der Waals surface area (Å²) in [7, 11) is 0. The molecule has 0 radical (unpaired) electrons. The summed E-state index contributed by atoms with van der Waals surface area (Å²) in [4.78, 5) is 25.5. The van der Waals surface area contributed by atoms with Gasteiger partial charge in [-0.3, -0.25) is 9.59 Å². The molecular weight excluding hydrogens is 609 g/mol. The summed E-state index contributed by atoms with van der Waals surface area (Å²) in [6.07, 6.45) is 52.7. The van der Waals surface area contributed by atoms with Crippen LogP contribution in [-0.2, 0) is 9.59 Å². The largest absolute Gasteiger partial charge is 0.300 e. The summed E-state index contributed by atoms with van der Waals surface area (Å²) in [6, 6.07) is 0. The maximum absolute atomic E-state index is 12.8. The Balaban J connectivity index is 1.10. The number of rotatable bonds is 32. The van der Waals surface area contributed by atoms with Crippen molar-refractivity contribution in [3.8, 4) is 0 Å². The molecule has 3 rings (SSSR count). The fraction of sp³-hybridized carbons (Fsp3) is 0.958. The number of hydrogen-bond donors (Lipinski definition) is 0. The van der Waals surface area contributed by atoms with Gasteiger partial charge < -0.3 is 0 Å². The zero-order valence-electron chi connectivity index (χ0n) is 34.3. The fourth-order valence-electron chi connectivity index (χ4n) is 10.8. The van der Waals surface area contributed by atoms with Crippen molar-refractivity contribution >= 4 is 11.6 Å². The number of hydrogen-bond acceptors (Lipinski definition) is 2. The molecule has 0 unspecified atom stereocenters. The molecule has 0 atom stereocenters. The molecule has 0 bridgehead atoms. The van der Waals surface area contributed by atoms with E-state index in [9.17, 15) is 9.59 Å². The van der Waals surface area contributed by atoms with Crippen LogP contribution in [0.25, 0.3) is 0 Å². The van der Waals surface area contributed by atoms with Gasteiger partial charge in [0.15, 0.2) is 0 Å². The highest BCUT2D eigenvalue weighted by Gasteiger charge is 2.55. The van der Waals surface area contributed by atoms with Gasteiger partial charge in [-0.2, -0.15) is 0 Å². The van der Waals surface area contributed by atoms with Gasteiger partial charge in [-0.15, -0.1) is 0 Å². The molecule has 3 saturated carbocycles. The summed E-state index contributed by atoms with van der Waals surface area (Å²) in [5.74, 6) is 2.45. The summed E-state index contributed by atoms with van der Waals surface area (Å²) in [5.41, 5.74) is 1.23. The van der Waals surface area contributed by atoms with Crippen LogP contribution < -0.4 is 0 Å². The summed E-state index contributed by atoms with van der Waals surface area (Å²) >= 11 is 0. The smallest absolute Gasteiger partial charge is 0.133 e. The van der Waals surface area contributed by atoms with E-state index in [0.29, 0.717) is 34.2 Å². The molecule has 0 aromatic carbocycles. The van der Waals surface area contributed by atoms with E-state index in [-0.39, 0.29) is 0 Å². The van der Waals surface area contributed by atoms with Gasteiger partial charge in [0.2, 0.25) is 0 Å². The van der Waals surface area contributed by atoms with E-state index in [0.717, 1.165) is 38.5 Å². The van der Waals surface area contributed by atoms with Crippen molar-refractivity contribution in [2.45, 2.75) is 271 Å². The Morgan fingerprint density at radius 1 is 0.380 bits per heavy atom. The molecule has 2 heteroatoms. The number of carbonyl (C=O) groups excluding carboxylic acids is 2. The second-order valence-corrected chi connectivity index (χ2v) is 18.7. The highest BCUT2D eigenvalue weighted by molar-refractivity contribution is 5.79.